The maximum absolute atomic E-state index is 16.4. The second-order valence-corrected chi connectivity index (χ2v) is 14.0. The Morgan fingerprint density at radius 2 is 1.81 bits per heavy atom. The first-order valence-corrected chi connectivity index (χ1v) is 16.6. The summed E-state index contributed by atoms with van der Waals surface area (Å²) in [4.78, 5) is 34.3. The molecule has 4 aliphatic heterocycles. The van der Waals surface area contributed by atoms with Gasteiger partial charge in [0.05, 0.1) is 55.0 Å². The Hall–Kier alpha value is -1.63. The summed E-state index contributed by atoms with van der Waals surface area (Å²) in [6.07, 6.45) is 8.34. The lowest BCUT2D eigenvalue weighted by molar-refractivity contribution is -0.222. The fourth-order valence-electron chi connectivity index (χ4n) is 9.46. The quantitative estimate of drug-likeness (QED) is 0.299. The Morgan fingerprint density at radius 3 is 2.55 bits per heavy atom. The molecule has 3 aliphatic carbocycles. The van der Waals surface area contributed by atoms with Crippen molar-refractivity contribution in [2.75, 3.05) is 52.5 Å². The second kappa shape index (κ2) is 12.0. The van der Waals surface area contributed by atoms with Crippen molar-refractivity contribution >= 4 is 11.7 Å². The van der Waals surface area contributed by atoms with E-state index in [0.29, 0.717) is 31.5 Å². The molecule has 0 aromatic carbocycles. The molecule has 11 atom stereocenters. The molecule has 234 valence electrons. The van der Waals surface area contributed by atoms with Crippen LogP contribution < -0.4 is 16.8 Å². The van der Waals surface area contributed by atoms with Crippen LogP contribution in [0.5, 0.6) is 0 Å². The number of amides is 1. The highest BCUT2D eigenvalue weighted by molar-refractivity contribution is 6.20. The molecule has 42 heavy (non-hydrogen) atoms. The van der Waals surface area contributed by atoms with E-state index in [-0.39, 0.29) is 41.5 Å². The zero-order valence-corrected chi connectivity index (χ0v) is 24.7. The molecule has 5 N–H and O–H groups in total. The predicted octanol–water partition coefficient (Wildman–Crippen LogP) is 0.395. The molecule has 3 saturated heterocycles. The minimum Gasteiger partial charge on any atom is -0.379 e. The van der Waals surface area contributed by atoms with Crippen molar-refractivity contribution in [1.29, 1.82) is 0 Å². The monoisotopic (exact) mass is 588 g/mol. The summed E-state index contributed by atoms with van der Waals surface area (Å²) in [5.41, 5.74) is 13.0. The van der Waals surface area contributed by atoms with Crippen molar-refractivity contribution in [3.63, 3.8) is 0 Å². The first-order valence-electron chi connectivity index (χ1n) is 16.6. The molecule has 11 heteroatoms. The molecule has 0 aromatic rings. The average Bonchev–Trinajstić information content (AvgIpc) is 3.43. The Bertz CT molecular complexity index is 1060. The zero-order valence-electron chi connectivity index (χ0n) is 24.7. The van der Waals surface area contributed by atoms with Gasteiger partial charge in [0, 0.05) is 51.0 Å². The van der Waals surface area contributed by atoms with Gasteiger partial charge in [-0.1, -0.05) is 25.7 Å². The summed E-state index contributed by atoms with van der Waals surface area (Å²) in [7, 11) is 0. The van der Waals surface area contributed by atoms with Gasteiger partial charge < -0.3 is 31.2 Å². The number of hydrogen-bond donors (Lipinski definition) is 3. The van der Waals surface area contributed by atoms with E-state index in [1.54, 1.807) is 0 Å². The van der Waals surface area contributed by atoms with E-state index in [0.717, 1.165) is 58.5 Å². The average molecular weight is 589 g/mol. The number of nitrogens with two attached hydrogens (primary N) is 2. The molecule has 7 aliphatic rings. The zero-order chi connectivity index (χ0) is 29.0. The number of ether oxygens (including phenoxy) is 2. The first-order chi connectivity index (χ1) is 20.4. The smallest absolute Gasteiger partial charge is 0.256 e. The van der Waals surface area contributed by atoms with E-state index in [9.17, 15) is 9.59 Å². The molecule has 0 radical (unpaired) electrons. The van der Waals surface area contributed by atoms with Crippen molar-refractivity contribution < 1.29 is 23.5 Å². The minimum atomic E-state index is -1.44. The molecular formula is C31H49FN6O4. The highest BCUT2D eigenvalue weighted by Crippen LogP contribution is 2.50. The van der Waals surface area contributed by atoms with Crippen LogP contribution in [-0.2, 0) is 19.1 Å². The predicted molar refractivity (Wildman–Crippen MR) is 155 cm³/mol. The summed E-state index contributed by atoms with van der Waals surface area (Å²) < 4.78 is 28.8. The maximum atomic E-state index is 16.4. The van der Waals surface area contributed by atoms with Gasteiger partial charge in [0.15, 0.2) is 5.78 Å². The summed E-state index contributed by atoms with van der Waals surface area (Å²) in [6.45, 7) is 5.93. The summed E-state index contributed by atoms with van der Waals surface area (Å²) in [5, 5.41) is 2.99. The molecule has 0 aromatic heterocycles. The number of carbonyl (C=O) groups is 2. The van der Waals surface area contributed by atoms with Gasteiger partial charge in [-0.05, 0) is 44.1 Å². The van der Waals surface area contributed by atoms with Crippen LogP contribution in [0.15, 0.2) is 11.8 Å². The van der Waals surface area contributed by atoms with Gasteiger partial charge in [-0.2, -0.15) is 0 Å². The number of nitrogens with one attached hydrogen (secondary N) is 1. The SMILES string of the molecule is NC1CCN(C2C(F)C(N)C3C(=O)C(C(=O)NCCCN4CCOCC4)=CN4C5CC6CCCCC6CC5OC2C34)C1. The first kappa shape index (κ1) is 29.1. The number of morpholine rings is 2. The van der Waals surface area contributed by atoms with Crippen LogP contribution in [0.25, 0.3) is 0 Å². The summed E-state index contributed by atoms with van der Waals surface area (Å²) in [5.74, 6) is -0.279. The van der Waals surface area contributed by atoms with Gasteiger partial charge in [0.1, 0.15) is 6.17 Å². The Kier molecular flexibility index (Phi) is 8.35. The molecule has 3 saturated carbocycles. The molecule has 0 bridgehead atoms. The fourth-order valence-corrected chi connectivity index (χ4v) is 9.46. The Morgan fingerprint density at radius 1 is 1.05 bits per heavy atom. The largest absolute Gasteiger partial charge is 0.379 e. The van der Waals surface area contributed by atoms with Crippen LogP contribution in [0, 0.1) is 17.8 Å². The lowest BCUT2D eigenvalue weighted by atomic mass is 9.64. The number of carbonyl (C=O) groups excluding carboxylic acids is 2. The summed E-state index contributed by atoms with van der Waals surface area (Å²) >= 11 is 0. The normalized spacial score (nSPS) is 44.2. The third-order valence-corrected chi connectivity index (χ3v) is 11.6. The number of likely N-dealkylation sites (tertiary alicyclic amines) is 1. The van der Waals surface area contributed by atoms with E-state index in [1.807, 2.05) is 6.20 Å². The Labute approximate surface area is 248 Å². The number of ketones is 1. The van der Waals surface area contributed by atoms with Crippen LogP contribution >= 0.6 is 0 Å². The maximum Gasteiger partial charge on any atom is 0.256 e. The van der Waals surface area contributed by atoms with E-state index in [4.69, 9.17) is 20.9 Å². The number of nitrogens with zero attached hydrogens (tertiary/aromatic N) is 3. The second-order valence-electron chi connectivity index (χ2n) is 14.0. The van der Waals surface area contributed by atoms with E-state index >= 15 is 4.39 Å². The number of alkyl halides is 1. The van der Waals surface area contributed by atoms with E-state index < -0.39 is 30.3 Å². The number of halogens is 1. The molecule has 0 spiro atoms. The molecule has 6 fully saturated rings. The topological polar surface area (TPSA) is 126 Å². The van der Waals surface area contributed by atoms with Gasteiger partial charge >= 0.3 is 0 Å². The Balaban J connectivity index is 1.15. The van der Waals surface area contributed by atoms with E-state index in [2.05, 4.69) is 20.0 Å². The third-order valence-electron chi connectivity index (χ3n) is 11.6. The van der Waals surface area contributed by atoms with Gasteiger partial charge in [0.2, 0.25) is 0 Å². The van der Waals surface area contributed by atoms with Gasteiger partial charge in [-0.15, -0.1) is 0 Å². The highest BCUT2D eigenvalue weighted by Gasteiger charge is 2.63. The number of Topliss-reactive ketones (excluding diaryl/α,β-unsaturated/α-hetero) is 1. The third kappa shape index (κ3) is 5.21. The van der Waals surface area contributed by atoms with Gasteiger partial charge in [-0.3, -0.25) is 19.4 Å². The van der Waals surface area contributed by atoms with E-state index in [1.165, 1.54) is 25.7 Å². The van der Waals surface area contributed by atoms with Gasteiger partial charge in [-0.25, -0.2) is 4.39 Å². The van der Waals surface area contributed by atoms with Crippen molar-refractivity contribution in [3.8, 4) is 0 Å². The molecule has 10 nitrogen and oxygen atoms in total. The van der Waals surface area contributed by atoms with Crippen LogP contribution in [0.4, 0.5) is 4.39 Å². The molecule has 4 heterocycles. The lowest BCUT2D eigenvalue weighted by Gasteiger charge is -2.62. The van der Waals surface area contributed by atoms with Crippen LogP contribution in [0.3, 0.4) is 0 Å². The highest BCUT2D eigenvalue weighted by atomic mass is 19.1. The standard InChI is InChI=1S/C31H49FN6O4/c32-25-26(34)24-27-30(28(25)37-9-6-20(33)16-37)42-23-15-19-5-2-1-4-18(19)14-22(23)38(27)17-21(29(24)39)31(40)35-7-3-8-36-10-12-41-13-11-36/h17-20,22-28,30H,1-16,33-34H2,(H,35,40). The van der Waals surface area contributed by atoms with Crippen LogP contribution in [-0.4, -0.2) is 127 Å². The molecule has 1 amide bonds. The summed E-state index contributed by atoms with van der Waals surface area (Å²) in [6, 6.07) is -1.86. The van der Waals surface area contributed by atoms with Crippen molar-refractivity contribution in [2.24, 2.45) is 29.2 Å². The minimum absolute atomic E-state index is 0.00250. The van der Waals surface area contributed by atoms with Crippen molar-refractivity contribution in [3.05, 3.63) is 11.8 Å². The molecule has 7 rings (SSSR count). The van der Waals surface area contributed by atoms with Crippen LogP contribution in [0.1, 0.15) is 51.4 Å². The van der Waals surface area contributed by atoms with Crippen molar-refractivity contribution in [2.45, 2.75) is 100.0 Å². The molecule has 11 unspecified atom stereocenters. The number of fused-ring (bicyclic) bond motifs is 3. The van der Waals surface area contributed by atoms with Gasteiger partial charge in [0.25, 0.3) is 5.91 Å². The number of rotatable bonds is 6. The van der Waals surface area contributed by atoms with Crippen molar-refractivity contribution in [1.82, 2.24) is 20.0 Å². The number of hydrogen-bond acceptors (Lipinski definition) is 9. The molecular weight excluding hydrogens is 539 g/mol. The lowest BCUT2D eigenvalue weighted by Crippen LogP contribution is -2.77. The van der Waals surface area contributed by atoms with Crippen LogP contribution in [0.2, 0.25) is 0 Å². The fraction of sp³-hybridized carbons (Fsp3) is 0.871.